The van der Waals surface area contributed by atoms with Crippen molar-refractivity contribution in [2.24, 2.45) is 11.8 Å². The summed E-state index contributed by atoms with van der Waals surface area (Å²) in [4.78, 5) is 30.6. The highest BCUT2D eigenvalue weighted by molar-refractivity contribution is 7.18. The van der Waals surface area contributed by atoms with Crippen molar-refractivity contribution in [2.75, 3.05) is 6.54 Å². The van der Waals surface area contributed by atoms with Gasteiger partial charge >= 0.3 is 0 Å². The molecule has 2 aromatic heterocycles. The third kappa shape index (κ3) is 2.92. The number of amides is 1. The van der Waals surface area contributed by atoms with Crippen molar-refractivity contribution in [3.05, 3.63) is 27.1 Å². The molecule has 1 aliphatic rings. The van der Waals surface area contributed by atoms with E-state index in [0.717, 1.165) is 27.7 Å². The van der Waals surface area contributed by atoms with Crippen LogP contribution >= 0.6 is 11.3 Å². The van der Waals surface area contributed by atoms with Crippen LogP contribution in [0.4, 0.5) is 0 Å². The van der Waals surface area contributed by atoms with Gasteiger partial charge in [0.05, 0.1) is 11.7 Å². The zero-order valence-corrected chi connectivity index (χ0v) is 14.0. The molecule has 6 heteroatoms. The number of nitrogens with zero attached hydrogens (tertiary/aromatic N) is 2. The van der Waals surface area contributed by atoms with Crippen molar-refractivity contribution in [1.29, 1.82) is 0 Å². The number of fused-ring (bicyclic) bond motifs is 1. The lowest BCUT2D eigenvalue weighted by Gasteiger charge is -2.07. The quantitative estimate of drug-likeness (QED) is 0.919. The van der Waals surface area contributed by atoms with Gasteiger partial charge in [-0.05, 0) is 37.7 Å². The number of aryl methyl sites for hydroxylation is 3. The number of thiophene rings is 1. The van der Waals surface area contributed by atoms with Crippen LogP contribution in [0.25, 0.3) is 10.2 Å². The molecule has 1 amide bonds. The zero-order chi connectivity index (χ0) is 15.9. The molecular formula is C16H21N3O2S. The summed E-state index contributed by atoms with van der Waals surface area (Å²) in [5.41, 5.74) is 0.953. The highest BCUT2D eigenvalue weighted by Gasteiger charge is 2.32. The van der Waals surface area contributed by atoms with Crippen LogP contribution in [0.15, 0.2) is 11.1 Å². The lowest BCUT2D eigenvalue weighted by molar-refractivity contribution is -0.121. The molecule has 1 saturated carbocycles. The van der Waals surface area contributed by atoms with Gasteiger partial charge in [0, 0.05) is 24.4 Å². The lowest BCUT2D eigenvalue weighted by Crippen LogP contribution is -2.29. The molecule has 118 valence electrons. The minimum absolute atomic E-state index is 0.00400. The number of carbonyl (C=O) groups excluding carboxylic acids is 1. The van der Waals surface area contributed by atoms with E-state index < -0.39 is 0 Å². The molecule has 2 aromatic rings. The predicted molar refractivity (Wildman–Crippen MR) is 88.3 cm³/mol. The summed E-state index contributed by atoms with van der Waals surface area (Å²) in [5.74, 6) is 1.38. The maximum Gasteiger partial charge on any atom is 0.262 e. The average Bonchev–Trinajstić information content (AvgIpc) is 3.11. The summed E-state index contributed by atoms with van der Waals surface area (Å²) in [7, 11) is 0. The first kappa shape index (κ1) is 15.2. The Morgan fingerprint density at radius 2 is 2.23 bits per heavy atom. The second-order valence-electron chi connectivity index (χ2n) is 6.23. The Kier molecular flexibility index (Phi) is 4.04. The molecule has 0 saturated heterocycles. The number of carbonyl (C=O) groups is 1. The summed E-state index contributed by atoms with van der Waals surface area (Å²) >= 11 is 1.54. The second kappa shape index (κ2) is 5.83. The molecule has 1 aliphatic carbocycles. The monoisotopic (exact) mass is 319 g/mol. The van der Waals surface area contributed by atoms with Gasteiger partial charge in [-0.1, -0.05) is 6.92 Å². The van der Waals surface area contributed by atoms with Gasteiger partial charge < -0.3 is 5.32 Å². The third-order valence-corrected chi connectivity index (χ3v) is 5.69. The van der Waals surface area contributed by atoms with Gasteiger partial charge in [0.15, 0.2) is 0 Å². The van der Waals surface area contributed by atoms with E-state index in [-0.39, 0.29) is 11.5 Å². The second-order valence-corrected chi connectivity index (χ2v) is 7.44. The van der Waals surface area contributed by atoms with Crippen molar-refractivity contribution in [1.82, 2.24) is 14.9 Å². The number of aromatic nitrogens is 2. The summed E-state index contributed by atoms with van der Waals surface area (Å²) < 4.78 is 1.54. The predicted octanol–water partition coefficient (Wildman–Crippen LogP) is 2.24. The summed E-state index contributed by atoms with van der Waals surface area (Å²) in [6.45, 7) is 7.28. The van der Waals surface area contributed by atoms with Gasteiger partial charge in [-0.2, -0.15) is 0 Å². The maximum absolute atomic E-state index is 12.5. The Balaban J connectivity index is 1.66. The topological polar surface area (TPSA) is 64.0 Å². The van der Waals surface area contributed by atoms with Crippen LogP contribution in [0.1, 0.15) is 30.2 Å². The molecule has 0 radical (unpaired) electrons. The molecule has 1 N–H and O–H groups in total. The molecule has 2 heterocycles. The van der Waals surface area contributed by atoms with Gasteiger partial charge in [-0.15, -0.1) is 11.3 Å². The number of nitrogens with one attached hydrogen (secondary N) is 1. The summed E-state index contributed by atoms with van der Waals surface area (Å²) in [6, 6.07) is 0. The Morgan fingerprint density at radius 3 is 2.91 bits per heavy atom. The van der Waals surface area contributed by atoms with Crippen molar-refractivity contribution in [2.45, 2.75) is 40.2 Å². The van der Waals surface area contributed by atoms with E-state index in [1.165, 1.54) is 6.42 Å². The van der Waals surface area contributed by atoms with E-state index in [1.807, 2.05) is 13.8 Å². The first-order valence-electron chi connectivity index (χ1n) is 7.69. The first-order chi connectivity index (χ1) is 10.5. The zero-order valence-electron chi connectivity index (χ0n) is 13.2. The Hall–Kier alpha value is -1.69. The van der Waals surface area contributed by atoms with Crippen LogP contribution in [0.2, 0.25) is 0 Å². The van der Waals surface area contributed by atoms with E-state index in [2.05, 4.69) is 17.2 Å². The Bertz CT molecular complexity index is 778. The van der Waals surface area contributed by atoms with Crippen LogP contribution in [0, 0.1) is 25.7 Å². The Labute approximate surface area is 133 Å². The highest BCUT2D eigenvalue weighted by atomic mass is 32.1. The molecule has 0 bridgehead atoms. The van der Waals surface area contributed by atoms with Crippen molar-refractivity contribution in [3.8, 4) is 0 Å². The minimum atomic E-state index is -0.0459. The fourth-order valence-corrected chi connectivity index (χ4v) is 3.66. The molecule has 0 aromatic carbocycles. The van der Waals surface area contributed by atoms with Gasteiger partial charge in [-0.3, -0.25) is 14.2 Å². The number of hydrogen-bond donors (Lipinski definition) is 1. The fourth-order valence-electron chi connectivity index (χ4n) is 2.67. The highest BCUT2D eigenvalue weighted by Crippen LogP contribution is 2.36. The van der Waals surface area contributed by atoms with E-state index in [1.54, 1.807) is 22.2 Å². The molecule has 3 rings (SSSR count). The maximum atomic E-state index is 12.5. The van der Waals surface area contributed by atoms with Crippen molar-refractivity contribution in [3.63, 3.8) is 0 Å². The number of hydrogen-bond acceptors (Lipinski definition) is 4. The van der Waals surface area contributed by atoms with Gasteiger partial charge in [0.1, 0.15) is 4.83 Å². The van der Waals surface area contributed by atoms with Gasteiger partial charge in [0.25, 0.3) is 5.56 Å². The standard InChI is InChI=1S/C16H21N3O2S/c1-9-6-12(9)7-17-13(20)4-5-19-8-18-15-14(16(19)21)10(2)11(3)22-15/h8-9,12H,4-7H2,1-3H3,(H,17,20)/t9-,12-/m0/s1. The van der Waals surface area contributed by atoms with Crippen LogP contribution in [0.5, 0.6) is 0 Å². The molecule has 22 heavy (non-hydrogen) atoms. The largest absolute Gasteiger partial charge is 0.356 e. The van der Waals surface area contributed by atoms with Crippen LogP contribution in [-0.4, -0.2) is 22.0 Å². The smallest absolute Gasteiger partial charge is 0.262 e. The van der Waals surface area contributed by atoms with Crippen LogP contribution < -0.4 is 10.9 Å². The van der Waals surface area contributed by atoms with Crippen molar-refractivity contribution >= 4 is 27.5 Å². The molecule has 1 fully saturated rings. The third-order valence-electron chi connectivity index (χ3n) is 4.57. The van der Waals surface area contributed by atoms with E-state index in [9.17, 15) is 9.59 Å². The summed E-state index contributed by atoms with van der Waals surface area (Å²) in [6.07, 6.45) is 3.07. The molecule has 0 aliphatic heterocycles. The molecule has 2 atom stereocenters. The van der Waals surface area contributed by atoms with Crippen LogP contribution in [0.3, 0.4) is 0 Å². The minimum Gasteiger partial charge on any atom is -0.356 e. The van der Waals surface area contributed by atoms with E-state index in [4.69, 9.17) is 0 Å². The molecule has 5 nitrogen and oxygen atoms in total. The molecular weight excluding hydrogens is 298 g/mol. The van der Waals surface area contributed by atoms with Gasteiger partial charge in [-0.25, -0.2) is 4.98 Å². The van der Waals surface area contributed by atoms with Crippen molar-refractivity contribution < 1.29 is 4.79 Å². The Morgan fingerprint density at radius 1 is 1.50 bits per heavy atom. The summed E-state index contributed by atoms with van der Waals surface area (Å²) in [5, 5.41) is 3.64. The lowest BCUT2D eigenvalue weighted by atomic mass is 10.2. The number of rotatable bonds is 5. The van der Waals surface area contributed by atoms with Gasteiger partial charge in [0.2, 0.25) is 5.91 Å². The normalized spacial score (nSPS) is 20.3. The SMILES string of the molecule is Cc1sc2ncn(CCC(=O)NC[C@@H]3C[C@@H]3C)c(=O)c2c1C. The molecule has 0 unspecified atom stereocenters. The fraction of sp³-hybridized carbons (Fsp3) is 0.562. The van der Waals surface area contributed by atoms with E-state index >= 15 is 0 Å². The van der Waals surface area contributed by atoms with E-state index in [0.29, 0.717) is 24.3 Å². The van der Waals surface area contributed by atoms with Crippen LogP contribution in [-0.2, 0) is 11.3 Å². The molecule has 0 spiro atoms. The first-order valence-corrected chi connectivity index (χ1v) is 8.51. The average molecular weight is 319 g/mol.